The van der Waals surface area contributed by atoms with Crippen molar-refractivity contribution in [1.82, 2.24) is 5.01 Å². The van der Waals surface area contributed by atoms with E-state index >= 15 is 0 Å². The number of carbonyl (C=O) groups is 2. The fraction of sp³-hybridized carbons (Fsp3) is 0.333. The van der Waals surface area contributed by atoms with Crippen molar-refractivity contribution in [2.45, 2.75) is 12.8 Å². The van der Waals surface area contributed by atoms with Gasteiger partial charge in [-0.1, -0.05) is 6.07 Å². The number of hydrazine groups is 2. The number of rotatable bonds is 2. The first-order chi connectivity index (χ1) is 9.43. The first-order valence-electron chi connectivity index (χ1n) is 6.02. The highest BCUT2D eigenvalue weighted by atomic mass is 19.2. The number of halogens is 2. The second-order valence-corrected chi connectivity index (χ2v) is 4.51. The monoisotopic (exact) mass is 284 g/mol. The second kappa shape index (κ2) is 5.51. The van der Waals surface area contributed by atoms with Gasteiger partial charge in [-0.05, 0) is 25.0 Å². The minimum absolute atomic E-state index is 0.274. The lowest BCUT2D eigenvalue weighted by Gasteiger charge is -2.30. The molecule has 1 fully saturated rings. The SMILES string of the molecule is NN1CCC[C@@H](C(=O)N(N)c2cccc(F)c2F)C1=O. The number of anilines is 1. The molecule has 1 atom stereocenters. The summed E-state index contributed by atoms with van der Waals surface area (Å²) in [7, 11) is 0. The number of hydrogen-bond donors (Lipinski definition) is 2. The summed E-state index contributed by atoms with van der Waals surface area (Å²) in [5.41, 5.74) is -0.419. The molecule has 1 heterocycles. The topological polar surface area (TPSA) is 92.7 Å². The lowest BCUT2D eigenvalue weighted by molar-refractivity contribution is -0.144. The number of carbonyl (C=O) groups excluding carboxylic acids is 2. The molecular weight excluding hydrogens is 270 g/mol. The molecule has 8 heteroatoms. The Morgan fingerprint density at radius 2 is 2.10 bits per heavy atom. The zero-order valence-electron chi connectivity index (χ0n) is 10.6. The molecule has 1 aliphatic heterocycles. The normalized spacial score (nSPS) is 19.1. The van der Waals surface area contributed by atoms with Gasteiger partial charge in [0.1, 0.15) is 5.92 Å². The molecule has 1 aliphatic rings. The van der Waals surface area contributed by atoms with E-state index in [2.05, 4.69) is 0 Å². The molecule has 2 rings (SSSR count). The van der Waals surface area contributed by atoms with Gasteiger partial charge in [-0.15, -0.1) is 0 Å². The molecule has 0 aromatic heterocycles. The van der Waals surface area contributed by atoms with Crippen LogP contribution >= 0.6 is 0 Å². The Morgan fingerprint density at radius 1 is 1.40 bits per heavy atom. The van der Waals surface area contributed by atoms with E-state index in [1.807, 2.05) is 0 Å². The van der Waals surface area contributed by atoms with E-state index < -0.39 is 35.1 Å². The van der Waals surface area contributed by atoms with E-state index in [4.69, 9.17) is 11.7 Å². The Kier molecular flexibility index (Phi) is 3.96. The number of hydrogen-bond acceptors (Lipinski definition) is 4. The molecule has 4 N–H and O–H groups in total. The summed E-state index contributed by atoms with van der Waals surface area (Å²) in [6.07, 6.45) is 0.814. The second-order valence-electron chi connectivity index (χ2n) is 4.51. The first-order valence-corrected chi connectivity index (χ1v) is 6.02. The van der Waals surface area contributed by atoms with Gasteiger partial charge in [0.15, 0.2) is 11.6 Å². The number of piperidine rings is 1. The van der Waals surface area contributed by atoms with Crippen LogP contribution in [0, 0.1) is 17.6 Å². The predicted molar refractivity (Wildman–Crippen MR) is 66.7 cm³/mol. The minimum atomic E-state index is -1.24. The van der Waals surface area contributed by atoms with Crippen molar-refractivity contribution in [3.8, 4) is 0 Å². The third-order valence-corrected chi connectivity index (χ3v) is 3.20. The van der Waals surface area contributed by atoms with E-state index in [0.717, 1.165) is 17.1 Å². The van der Waals surface area contributed by atoms with Gasteiger partial charge < -0.3 is 0 Å². The molecule has 0 radical (unpaired) electrons. The zero-order valence-corrected chi connectivity index (χ0v) is 10.6. The minimum Gasteiger partial charge on any atom is -0.280 e. The summed E-state index contributed by atoms with van der Waals surface area (Å²) in [4.78, 5) is 23.9. The van der Waals surface area contributed by atoms with Crippen LogP contribution in [0.3, 0.4) is 0 Å². The molecule has 0 bridgehead atoms. The van der Waals surface area contributed by atoms with Gasteiger partial charge in [0, 0.05) is 6.54 Å². The molecule has 0 aliphatic carbocycles. The van der Waals surface area contributed by atoms with Crippen LogP contribution < -0.4 is 16.7 Å². The highest BCUT2D eigenvalue weighted by Crippen LogP contribution is 2.23. The zero-order chi connectivity index (χ0) is 14.9. The highest BCUT2D eigenvalue weighted by Gasteiger charge is 2.36. The number of benzene rings is 1. The Balaban J connectivity index is 2.24. The van der Waals surface area contributed by atoms with Crippen molar-refractivity contribution >= 4 is 17.5 Å². The van der Waals surface area contributed by atoms with Gasteiger partial charge in [0.25, 0.3) is 5.91 Å². The summed E-state index contributed by atoms with van der Waals surface area (Å²) in [5, 5.41) is 1.39. The quantitative estimate of drug-likeness (QED) is 0.353. The van der Waals surface area contributed by atoms with E-state index in [0.29, 0.717) is 18.0 Å². The van der Waals surface area contributed by atoms with Crippen LogP contribution in [0.2, 0.25) is 0 Å². The van der Waals surface area contributed by atoms with Crippen LogP contribution in [0.4, 0.5) is 14.5 Å². The molecular formula is C12H14F2N4O2. The van der Waals surface area contributed by atoms with Gasteiger partial charge >= 0.3 is 0 Å². The van der Waals surface area contributed by atoms with Crippen LogP contribution in [0.15, 0.2) is 18.2 Å². The molecule has 1 aromatic rings. The number of nitrogens with zero attached hydrogens (tertiary/aromatic N) is 2. The Morgan fingerprint density at radius 3 is 2.80 bits per heavy atom. The summed E-state index contributed by atoms with van der Waals surface area (Å²) >= 11 is 0. The maximum absolute atomic E-state index is 13.6. The van der Waals surface area contributed by atoms with Crippen molar-refractivity contribution in [2.75, 3.05) is 11.6 Å². The predicted octanol–water partition coefficient (Wildman–Crippen LogP) is 0.284. The summed E-state index contributed by atoms with van der Waals surface area (Å²) in [5.74, 6) is 6.13. The van der Waals surface area contributed by atoms with E-state index in [-0.39, 0.29) is 6.42 Å². The smallest absolute Gasteiger partial charge is 0.253 e. The molecule has 0 spiro atoms. The third kappa shape index (κ3) is 2.47. The van der Waals surface area contributed by atoms with Crippen LogP contribution in [0.25, 0.3) is 0 Å². The summed E-state index contributed by atoms with van der Waals surface area (Å²) in [6.45, 7) is 0.349. The number of amides is 2. The van der Waals surface area contributed by atoms with Crippen LogP contribution in [-0.4, -0.2) is 23.4 Å². The van der Waals surface area contributed by atoms with E-state index in [9.17, 15) is 18.4 Å². The van der Waals surface area contributed by atoms with Crippen LogP contribution in [0.5, 0.6) is 0 Å². The molecule has 1 aromatic carbocycles. The van der Waals surface area contributed by atoms with Crippen molar-refractivity contribution in [3.63, 3.8) is 0 Å². The molecule has 6 nitrogen and oxygen atoms in total. The van der Waals surface area contributed by atoms with Crippen molar-refractivity contribution in [3.05, 3.63) is 29.8 Å². The molecule has 108 valence electrons. The molecule has 2 amide bonds. The lowest BCUT2D eigenvalue weighted by Crippen LogP contribution is -2.53. The molecule has 0 unspecified atom stereocenters. The maximum atomic E-state index is 13.6. The summed E-state index contributed by atoms with van der Waals surface area (Å²) in [6, 6.07) is 3.28. The van der Waals surface area contributed by atoms with Gasteiger partial charge in [0.05, 0.1) is 5.69 Å². The number of nitrogens with two attached hydrogens (primary N) is 2. The van der Waals surface area contributed by atoms with Crippen molar-refractivity contribution in [1.29, 1.82) is 0 Å². The van der Waals surface area contributed by atoms with Gasteiger partial charge in [-0.3, -0.25) is 14.6 Å². The Labute approximate surface area is 113 Å². The Hall–Kier alpha value is -2.06. The lowest BCUT2D eigenvalue weighted by atomic mass is 9.97. The van der Waals surface area contributed by atoms with E-state index in [1.165, 1.54) is 6.07 Å². The van der Waals surface area contributed by atoms with Crippen molar-refractivity contribution < 1.29 is 18.4 Å². The Bertz CT molecular complexity index is 552. The molecule has 20 heavy (non-hydrogen) atoms. The van der Waals surface area contributed by atoms with Crippen molar-refractivity contribution in [2.24, 2.45) is 17.6 Å². The average Bonchev–Trinajstić information content (AvgIpc) is 2.43. The average molecular weight is 284 g/mol. The maximum Gasteiger partial charge on any atom is 0.253 e. The highest BCUT2D eigenvalue weighted by molar-refractivity contribution is 6.07. The largest absolute Gasteiger partial charge is 0.280 e. The standard InChI is InChI=1S/C12H14F2N4O2/c13-8-4-1-5-9(10(8)14)18(16)12(20)7-3-2-6-17(15)11(7)19/h1,4-5,7H,2-3,6,15-16H2/t7-/m1/s1. The van der Waals surface area contributed by atoms with E-state index in [1.54, 1.807) is 0 Å². The first kappa shape index (κ1) is 14.4. The summed E-state index contributed by atoms with van der Waals surface area (Å²) < 4.78 is 26.7. The third-order valence-electron chi connectivity index (χ3n) is 3.20. The fourth-order valence-corrected chi connectivity index (χ4v) is 2.09. The fourth-order valence-electron chi connectivity index (χ4n) is 2.09. The van der Waals surface area contributed by atoms with Gasteiger partial charge in [-0.25, -0.2) is 25.5 Å². The van der Waals surface area contributed by atoms with Gasteiger partial charge in [0.2, 0.25) is 5.91 Å². The van der Waals surface area contributed by atoms with Crippen LogP contribution in [-0.2, 0) is 9.59 Å². The molecule has 0 saturated carbocycles. The molecule has 1 saturated heterocycles. The van der Waals surface area contributed by atoms with Crippen LogP contribution in [0.1, 0.15) is 12.8 Å². The van der Waals surface area contributed by atoms with Gasteiger partial charge in [-0.2, -0.15) is 0 Å².